The number of aliphatic hydroxyl groups excluding tert-OH is 1. The first-order chi connectivity index (χ1) is 8.54. The molecule has 0 fully saturated rings. The van der Waals surface area contributed by atoms with Crippen LogP contribution in [0.5, 0.6) is 0 Å². The molecule has 0 aliphatic heterocycles. The Morgan fingerprint density at radius 3 is 2.89 bits per heavy atom. The summed E-state index contributed by atoms with van der Waals surface area (Å²) in [6, 6.07) is 3.68. The molecule has 4 nitrogen and oxygen atoms in total. The zero-order chi connectivity index (χ0) is 13.5. The second kappa shape index (κ2) is 6.90. The van der Waals surface area contributed by atoms with E-state index in [2.05, 4.69) is 10.1 Å². The maximum Gasteiger partial charge on any atom is 0.308 e. The Kier molecular flexibility index (Phi) is 5.51. The van der Waals surface area contributed by atoms with E-state index in [1.165, 1.54) is 12.1 Å². The highest BCUT2D eigenvalue weighted by molar-refractivity contribution is 5.70. The maximum absolute atomic E-state index is 13.2. The number of halogens is 2. The van der Waals surface area contributed by atoms with E-state index in [0.717, 1.165) is 6.07 Å². The lowest BCUT2D eigenvalue weighted by Crippen LogP contribution is -2.24. The SMILES string of the molecule is CCOC(=O)CC(O)CNc1cccc(F)c1F. The Bertz CT molecular complexity index is 412. The summed E-state index contributed by atoms with van der Waals surface area (Å²) in [7, 11) is 0. The van der Waals surface area contributed by atoms with Crippen LogP contribution >= 0.6 is 0 Å². The third-order valence-electron chi connectivity index (χ3n) is 2.19. The molecule has 0 aliphatic rings. The van der Waals surface area contributed by atoms with Crippen molar-refractivity contribution < 1.29 is 23.4 Å². The van der Waals surface area contributed by atoms with Crippen LogP contribution in [0, 0.1) is 11.6 Å². The Hall–Kier alpha value is -1.69. The predicted molar refractivity (Wildman–Crippen MR) is 62.1 cm³/mol. The van der Waals surface area contributed by atoms with Crippen molar-refractivity contribution in [2.75, 3.05) is 18.5 Å². The van der Waals surface area contributed by atoms with Gasteiger partial charge in [0.2, 0.25) is 0 Å². The second-order valence-electron chi connectivity index (χ2n) is 3.65. The molecule has 0 heterocycles. The van der Waals surface area contributed by atoms with Crippen molar-refractivity contribution >= 4 is 11.7 Å². The van der Waals surface area contributed by atoms with Crippen LogP contribution in [0.25, 0.3) is 0 Å². The summed E-state index contributed by atoms with van der Waals surface area (Å²) in [5.41, 5.74) is -0.0575. The van der Waals surface area contributed by atoms with E-state index < -0.39 is 23.7 Å². The highest BCUT2D eigenvalue weighted by Crippen LogP contribution is 2.16. The number of esters is 1. The summed E-state index contributed by atoms with van der Waals surface area (Å²) in [5.74, 6) is -2.52. The van der Waals surface area contributed by atoms with Gasteiger partial charge in [0.15, 0.2) is 11.6 Å². The number of hydrogen-bond donors (Lipinski definition) is 2. The fourth-order valence-electron chi connectivity index (χ4n) is 1.35. The monoisotopic (exact) mass is 259 g/mol. The minimum atomic E-state index is -1.02. The van der Waals surface area contributed by atoms with E-state index >= 15 is 0 Å². The van der Waals surface area contributed by atoms with Crippen LogP contribution in [-0.2, 0) is 9.53 Å². The summed E-state index contributed by atoms with van der Waals surface area (Å²) in [6.45, 7) is 1.82. The van der Waals surface area contributed by atoms with E-state index in [4.69, 9.17) is 0 Å². The molecule has 1 aromatic rings. The van der Waals surface area contributed by atoms with Crippen LogP contribution in [0.2, 0.25) is 0 Å². The van der Waals surface area contributed by atoms with E-state index in [1.54, 1.807) is 6.92 Å². The molecule has 100 valence electrons. The molecular formula is C12H15F2NO3. The van der Waals surface area contributed by atoms with Crippen LogP contribution < -0.4 is 5.32 Å². The number of nitrogens with one attached hydrogen (secondary N) is 1. The van der Waals surface area contributed by atoms with Gasteiger partial charge in [0, 0.05) is 6.54 Å². The molecular weight excluding hydrogens is 244 g/mol. The zero-order valence-electron chi connectivity index (χ0n) is 9.95. The third-order valence-corrected chi connectivity index (χ3v) is 2.19. The Balaban J connectivity index is 2.45. The number of aliphatic hydroxyl groups is 1. The first-order valence-corrected chi connectivity index (χ1v) is 5.56. The van der Waals surface area contributed by atoms with Gasteiger partial charge in [0.05, 0.1) is 24.8 Å². The summed E-state index contributed by atoms with van der Waals surface area (Å²) < 4.78 is 30.7. The number of carbonyl (C=O) groups excluding carboxylic acids is 1. The van der Waals surface area contributed by atoms with Crippen molar-refractivity contribution in [2.24, 2.45) is 0 Å². The van der Waals surface area contributed by atoms with Crippen molar-refractivity contribution in [3.8, 4) is 0 Å². The molecule has 0 aliphatic carbocycles. The van der Waals surface area contributed by atoms with Gasteiger partial charge in [0.1, 0.15) is 0 Å². The molecule has 0 bridgehead atoms. The van der Waals surface area contributed by atoms with E-state index in [-0.39, 0.29) is 25.3 Å². The van der Waals surface area contributed by atoms with Gasteiger partial charge < -0.3 is 15.2 Å². The molecule has 0 saturated carbocycles. The van der Waals surface area contributed by atoms with Crippen molar-refractivity contribution in [3.63, 3.8) is 0 Å². The molecule has 1 atom stereocenters. The number of carbonyl (C=O) groups is 1. The minimum Gasteiger partial charge on any atom is -0.466 e. The van der Waals surface area contributed by atoms with Gasteiger partial charge in [-0.15, -0.1) is 0 Å². The highest BCUT2D eigenvalue weighted by Gasteiger charge is 2.13. The fraction of sp³-hybridized carbons (Fsp3) is 0.417. The number of rotatable bonds is 6. The fourth-order valence-corrected chi connectivity index (χ4v) is 1.35. The standard InChI is InChI=1S/C12H15F2NO3/c1-2-18-11(17)6-8(16)7-15-10-5-3-4-9(13)12(10)14/h3-5,8,15-16H,2,6-7H2,1H3. The highest BCUT2D eigenvalue weighted by atomic mass is 19.2. The van der Waals surface area contributed by atoms with Crippen LogP contribution in [0.3, 0.4) is 0 Å². The first kappa shape index (κ1) is 14.4. The van der Waals surface area contributed by atoms with Gasteiger partial charge in [-0.1, -0.05) is 6.07 Å². The summed E-state index contributed by atoms with van der Waals surface area (Å²) in [6.07, 6.45) is -1.22. The molecule has 1 unspecified atom stereocenters. The van der Waals surface area contributed by atoms with Crippen molar-refractivity contribution in [1.29, 1.82) is 0 Å². The molecule has 1 aromatic carbocycles. The predicted octanol–water partition coefficient (Wildman–Crippen LogP) is 1.69. The van der Waals surface area contributed by atoms with Gasteiger partial charge in [-0.3, -0.25) is 4.79 Å². The Morgan fingerprint density at radius 2 is 2.22 bits per heavy atom. The van der Waals surface area contributed by atoms with Crippen LogP contribution in [-0.4, -0.2) is 30.3 Å². The summed E-state index contributed by atoms with van der Waals surface area (Å²) in [5, 5.41) is 12.0. The van der Waals surface area contributed by atoms with E-state index in [0.29, 0.717) is 0 Å². The lowest BCUT2D eigenvalue weighted by atomic mass is 10.2. The van der Waals surface area contributed by atoms with Crippen molar-refractivity contribution in [1.82, 2.24) is 0 Å². The molecule has 6 heteroatoms. The van der Waals surface area contributed by atoms with Crippen LogP contribution in [0.1, 0.15) is 13.3 Å². The van der Waals surface area contributed by atoms with Crippen molar-refractivity contribution in [2.45, 2.75) is 19.4 Å². The molecule has 1 rings (SSSR count). The average Bonchev–Trinajstić information content (AvgIpc) is 2.31. The topological polar surface area (TPSA) is 58.6 Å². The number of anilines is 1. The molecule has 0 amide bonds. The Labute approximate surface area is 104 Å². The molecule has 18 heavy (non-hydrogen) atoms. The lowest BCUT2D eigenvalue weighted by Gasteiger charge is -2.12. The van der Waals surface area contributed by atoms with Gasteiger partial charge in [0.25, 0.3) is 0 Å². The molecule has 0 radical (unpaired) electrons. The molecule has 0 aromatic heterocycles. The van der Waals surface area contributed by atoms with E-state index in [9.17, 15) is 18.7 Å². The largest absolute Gasteiger partial charge is 0.466 e. The van der Waals surface area contributed by atoms with Crippen LogP contribution in [0.4, 0.5) is 14.5 Å². The molecule has 0 spiro atoms. The quantitative estimate of drug-likeness (QED) is 0.763. The second-order valence-corrected chi connectivity index (χ2v) is 3.65. The normalized spacial score (nSPS) is 12.0. The number of benzene rings is 1. The lowest BCUT2D eigenvalue weighted by molar-refractivity contribution is -0.145. The minimum absolute atomic E-state index is 0.0575. The van der Waals surface area contributed by atoms with Gasteiger partial charge in [-0.25, -0.2) is 8.78 Å². The smallest absolute Gasteiger partial charge is 0.308 e. The van der Waals surface area contributed by atoms with E-state index in [1.807, 2.05) is 0 Å². The first-order valence-electron chi connectivity index (χ1n) is 5.56. The maximum atomic E-state index is 13.2. The van der Waals surface area contributed by atoms with Gasteiger partial charge >= 0.3 is 5.97 Å². The van der Waals surface area contributed by atoms with Crippen LogP contribution in [0.15, 0.2) is 18.2 Å². The number of hydrogen-bond acceptors (Lipinski definition) is 4. The average molecular weight is 259 g/mol. The summed E-state index contributed by atoms with van der Waals surface area (Å²) in [4.78, 5) is 11.0. The summed E-state index contributed by atoms with van der Waals surface area (Å²) >= 11 is 0. The van der Waals surface area contributed by atoms with Gasteiger partial charge in [-0.05, 0) is 19.1 Å². The number of ether oxygens (including phenoxy) is 1. The zero-order valence-corrected chi connectivity index (χ0v) is 9.95. The van der Waals surface area contributed by atoms with Gasteiger partial charge in [-0.2, -0.15) is 0 Å². The molecule has 2 N–H and O–H groups in total. The van der Waals surface area contributed by atoms with Crippen molar-refractivity contribution in [3.05, 3.63) is 29.8 Å². The third kappa shape index (κ3) is 4.29. The molecule has 0 saturated heterocycles. The Morgan fingerprint density at radius 1 is 1.50 bits per heavy atom.